The quantitative estimate of drug-likeness (QED) is 0.180. The third-order valence-corrected chi connectivity index (χ3v) is 9.73. The molecular weight excluding hydrogens is 682 g/mol. The summed E-state index contributed by atoms with van der Waals surface area (Å²) in [4.78, 5) is 24.9. The molecule has 3 rings (SSSR count). The van der Waals surface area contributed by atoms with Crippen molar-refractivity contribution in [1.29, 1.82) is 0 Å². The van der Waals surface area contributed by atoms with Gasteiger partial charge in [0, 0.05) is 32.1 Å². The van der Waals surface area contributed by atoms with Crippen molar-refractivity contribution < 1.29 is 69.4 Å². The summed E-state index contributed by atoms with van der Waals surface area (Å²) in [6.07, 6.45) is 0.558. The molecule has 0 radical (unpaired) electrons. The highest BCUT2D eigenvalue weighted by Gasteiger charge is 2.51. The van der Waals surface area contributed by atoms with E-state index >= 15 is 0 Å². The van der Waals surface area contributed by atoms with E-state index in [2.05, 4.69) is 0 Å². The summed E-state index contributed by atoms with van der Waals surface area (Å²) in [6, 6.07) is -1.11. The molecule has 0 spiro atoms. The topological polar surface area (TPSA) is 259 Å². The number of carboxylic acid groups (broad SMARTS) is 1. The molecule has 3 aliphatic heterocycles. The smallest absolute Gasteiger partial charge is 0.311 e. The molecule has 10 N–H and O–H groups in total. The van der Waals surface area contributed by atoms with Crippen LogP contribution in [-0.4, -0.2) is 132 Å². The Labute approximate surface area is 305 Å². The van der Waals surface area contributed by atoms with Gasteiger partial charge in [-0.2, -0.15) is 0 Å². The lowest BCUT2D eigenvalue weighted by Crippen LogP contribution is -2.61. The zero-order valence-electron chi connectivity index (χ0n) is 30.2. The molecule has 0 saturated carbocycles. The molecule has 3 heterocycles. The van der Waals surface area contributed by atoms with Crippen LogP contribution in [0.2, 0.25) is 0 Å². The van der Waals surface area contributed by atoms with Gasteiger partial charge >= 0.3 is 11.9 Å². The number of hydrogen-bond donors (Lipinski definition) is 9. The standard InChI is InChI=1S/C37H59NO14/c1-21(2)28-14-12-10-8-6-4-5-7-9-11-13-24(50-36-34(45)32(38)33(44)22(3)49-36)18-29-31(35(46)47)27(42)20-37(48,52-29)19-23(39)17-26(41)25(40)15-16-30(43)51-28/h4-9,11,13,21-29,31-34,36,39-42,44-45,48H,10,12,14-20,38H2,1-3H3,(H,46,47). The summed E-state index contributed by atoms with van der Waals surface area (Å²) in [6.45, 7) is 5.45. The fourth-order valence-corrected chi connectivity index (χ4v) is 6.67. The van der Waals surface area contributed by atoms with E-state index in [4.69, 9.17) is 24.7 Å². The molecule has 2 bridgehead atoms. The van der Waals surface area contributed by atoms with Crippen molar-refractivity contribution in [1.82, 2.24) is 0 Å². The highest BCUT2D eigenvalue weighted by molar-refractivity contribution is 5.71. The van der Waals surface area contributed by atoms with Crippen molar-refractivity contribution in [2.45, 2.75) is 158 Å². The molecule has 14 atom stereocenters. The van der Waals surface area contributed by atoms with Gasteiger partial charge in [-0.3, -0.25) is 9.59 Å². The SMILES string of the molecule is CC(C)C1CCCC=CC=CC=CC=CC(OC2OC(C)C(O)C(N)C2O)CC2OC(O)(CC(O)CC(O)C(O)CCC(=O)O1)CC(O)C2C(=O)O. The number of hydrogen-bond acceptors (Lipinski definition) is 14. The molecule has 0 aliphatic carbocycles. The van der Waals surface area contributed by atoms with Crippen LogP contribution in [0.25, 0.3) is 0 Å². The van der Waals surface area contributed by atoms with E-state index < -0.39 is 110 Å². The zero-order chi connectivity index (χ0) is 38.6. The van der Waals surface area contributed by atoms with E-state index in [0.29, 0.717) is 6.42 Å². The number of carbonyl (C=O) groups is 2. The van der Waals surface area contributed by atoms with Gasteiger partial charge in [-0.25, -0.2) is 0 Å². The maximum Gasteiger partial charge on any atom is 0.311 e. The summed E-state index contributed by atoms with van der Waals surface area (Å²) in [5.74, 6) is -5.65. The van der Waals surface area contributed by atoms with Crippen LogP contribution in [-0.2, 0) is 28.5 Å². The molecule has 52 heavy (non-hydrogen) atoms. The lowest BCUT2D eigenvalue weighted by Gasteiger charge is -2.45. The Morgan fingerprint density at radius 3 is 2.27 bits per heavy atom. The lowest BCUT2D eigenvalue weighted by molar-refractivity contribution is -0.308. The minimum Gasteiger partial charge on any atom is -0.481 e. The van der Waals surface area contributed by atoms with Crippen LogP contribution in [0.1, 0.15) is 78.6 Å². The maximum absolute atomic E-state index is 12.6. The van der Waals surface area contributed by atoms with E-state index in [9.17, 15) is 50.4 Å². The van der Waals surface area contributed by atoms with Crippen molar-refractivity contribution in [3.63, 3.8) is 0 Å². The van der Waals surface area contributed by atoms with Gasteiger partial charge < -0.3 is 65.5 Å². The number of cyclic esters (lactones) is 1. The Morgan fingerprint density at radius 2 is 1.60 bits per heavy atom. The van der Waals surface area contributed by atoms with Crippen LogP contribution in [0.5, 0.6) is 0 Å². The number of allylic oxidation sites excluding steroid dienone is 7. The number of carboxylic acids is 1. The van der Waals surface area contributed by atoms with E-state index in [1.54, 1.807) is 37.3 Å². The minimum atomic E-state index is -2.25. The third-order valence-electron chi connectivity index (χ3n) is 9.73. The van der Waals surface area contributed by atoms with Gasteiger partial charge in [0.2, 0.25) is 0 Å². The molecular formula is C37H59NO14. The summed E-state index contributed by atoms with van der Waals surface area (Å²) in [5, 5.41) is 85.4. The number of aliphatic hydroxyl groups excluding tert-OH is 6. The molecule has 2 fully saturated rings. The second-order valence-corrected chi connectivity index (χ2v) is 14.5. The Bertz CT molecular complexity index is 1240. The van der Waals surface area contributed by atoms with Crippen LogP contribution in [0.3, 0.4) is 0 Å². The maximum atomic E-state index is 12.6. The predicted octanol–water partition coefficient (Wildman–Crippen LogP) is 0.714. The van der Waals surface area contributed by atoms with Crippen LogP contribution < -0.4 is 5.73 Å². The van der Waals surface area contributed by atoms with Gasteiger partial charge in [0.1, 0.15) is 18.1 Å². The van der Waals surface area contributed by atoms with Crippen LogP contribution in [0.15, 0.2) is 48.6 Å². The summed E-state index contributed by atoms with van der Waals surface area (Å²) in [5.41, 5.74) is 5.99. The number of nitrogens with two attached hydrogens (primary N) is 1. The second kappa shape index (κ2) is 20.8. The van der Waals surface area contributed by atoms with Gasteiger partial charge in [0.05, 0.1) is 54.9 Å². The van der Waals surface area contributed by atoms with Crippen molar-refractivity contribution in [2.75, 3.05) is 0 Å². The van der Waals surface area contributed by atoms with E-state index in [0.717, 1.165) is 12.8 Å². The number of esters is 1. The number of aliphatic carboxylic acids is 1. The molecule has 14 unspecified atom stereocenters. The van der Waals surface area contributed by atoms with E-state index in [1.807, 2.05) is 32.1 Å². The first-order valence-corrected chi connectivity index (χ1v) is 18.1. The van der Waals surface area contributed by atoms with Gasteiger partial charge in [0.15, 0.2) is 12.1 Å². The first-order valence-electron chi connectivity index (χ1n) is 18.1. The normalized spacial score (nSPS) is 41.1. The molecule has 0 aromatic rings. The first kappa shape index (κ1) is 43.9. The number of carbonyl (C=O) groups excluding carboxylic acids is 1. The molecule has 296 valence electrons. The molecule has 15 heteroatoms. The van der Waals surface area contributed by atoms with Crippen molar-refractivity contribution in [2.24, 2.45) is 17.6 Å². The molecule has 3 aliphatic rings. The fraction of sp³-hybridized carbons (Fsp3) is 0.730. The highest BCUT2D eigenvalue weighted by atomic mass is 16.7. The Hall–Kier alpha value is -2.54. The molecule has 15 nitrogen and oxygen atoms in total. The van der Waals surface area contributed by atoms with E-state index in [1.165, 1.54) is 0 Å². The third kappa shape index (κ3) is 13.4. The second-order valence-electron chi connectivity index (χ2n) is 14.5. The molecule has 2 saturated heterocycles. The average Bonchev–Trinajstić information content (AvgIpc) is 3.05. The largest absolute Gasteiger partial charge is 0.481 e. The molecule has 0 aromatic carbocycles. The number of ether oxygens (including phenoxy) is 4. The monoisotopic (exact) mass is 741 g/mol. The van der Waals surface area contributed by atoms with Crippen molar-refractivity contribution >= 4 is 11.9 Å². The number of aliphatic hydroxyl groups is 7. The predicted molar refractivity (Wildman–Crippen MR) is 187 cm³/mol. The fourth-order valence-electron chi connectivity index (χ4n) is 6.67. The van der Waals surface area contributed by atoms with Gasteiger partial charge in [0.25, 0.3) is 0 Å². The Kier molecular flexibility index (Phi) is 17.5. The van der Waals surface area contributed by atoms with Crippen molar-refractivity contribution in [3.8, 4) is 0 Å². The molecule has 0 aromatic heterocycles. The average molecular weight is 742 g/mol. The van der Waals surface area contributed by atoms with Crippen LogP contribution in [0.4, 0.5) is 0 Å². The summed E-state index contributed by atoms with van der Waals surface area (Å²) in [7, 11) is 0. The zero-order valence-corrected chi connectivity index (χ0v) is 30.2. The van der Waals surface area contributed by atoms with Gasteiger partial charge in [-0.1, -0.05) is 62.5 Å². The van der Waals surface area contributed by atoms with E-state index in [-0.39, 0.29) is 31.3 Å². The Balaban J connectivity index is 1.88. The summed E-state index contributed by atoms with van der Waals surface area (Å²) < 4.78 is 23.2. The van der Waals surface area contributed by atoms with Crippen LogP contribution >= 0.6 is 0 Å². The summed E-state index contributed by atoms with van der Waals surface area (Å²) >= 11 is 0. The lowest BCUT2D eigenvalue weighted by atomic mass is 9.82. The number of fused-ring (bicyclic) bond motifs is 2. The number of rotatable bonds is 4. The minimum absolute atomic E-state index is 0.0690. The first-order chi connectivity index (χ1) is 24.5. The Morgan fingerprint density at radius 1 is 0.923 bits per heavy atom. The van der Waals surface area contributed by atoms with Gasteiger partial charge in [-0.05, 0) is 38.5 Å². The van der Waals surface area contributed by atoms with Crippen LogP contribution in [0, 0.1) is 11.8 Å². The molecule has 0 amide bonds. The highest BCUT2D eigenvalue weighted by Crippen LogP contribution is 2.38. The van der Waals surface area contributed by atoms with Crippen molar-refractivity contribution in [3.05, 3.63) is 48.6 Å². The van der Waals surface area contributed by atoms with Gasteiger partial charge in [-0.15, -0.1) is 0 Å².